The molecule has 0 radical (unpaired) electrons. The Hall–Kier alpha value is -2.33. The maximum atomic E-state index is 11.6. The van der Waals surface area contributed by atoms with Crippen molar-refractivity contribution < 1.29 is 14.3 Å². The van der Waals surface area contributed by atoms with Gasteiger partial charge in [-0.3, -0.25) is 9.59 Å². The monoisotopic (exact) mass is 331 g/mol. The SMILES string of the molecule is O=C(COC(=O)Cc1ccccc1)NCCc1ccc(Cl)cc1. The molecule has 0 spiro atoms. The fourth-order valence-corrected chi connectivity index (χ4v) is 2.13. The topological polar surface area (TPSA) is 55.4 Å². The van der Waals surface area contributed by atoms with Crippen LogP contribution in [0.2, 0.25) is 5.02 Å². The van der Waals surface area contributed by atoms with Gasteiger partial charge in [-0.1, -0.05) is 54.1 Å². The molecular weight excluding hydrogens is 314 g/mol. The average Bonchev–Trinajstić information content (AvgIpc) is 2.56. The number of carbonyl (C=O) groups is 2. The third-order valence-electron chi connectivity index (χ3n) is 3.20. The zero-order valence-electron chi connectivity index (χ0n) is 12.6. The minimum Gasteiger partial charge on any atom is -0.455 e. The van der Waals surface area contributed by atoms with Crippen LogP contribution in [0.4, 0.5) is 0 Å². The van der Waals surface area contributed by atoms with Crippen molar-refractivity contribution in [3.63, 3.8) is 0 Å². The van der Waals surface area contributed by atoms with E-state index < -0.39 is 5.97 Å². The predicted molar refractivity (Wildman–Crippen MR) is 89.3 cm³/mol. The van der Waals surface area contributed by atoms with Crippen LogP contribution in [-0.2, 0) is 27.2 Å². The van der Waals surface area contributed by atoms with Gasteiger partial charge in [0.05, 0.1) is 6.42 Å². The van der Waals surface area contributed by atoms with E-state index in [0.29, 0.717) is 18.0 Å². The van der Waals surface area contributed by atoms with Crippen LogP contribution in [-0.4, -0.2) is 25.0 Å². The molecule has 1 N–H and O–H groups in total. The van der Waals surface area contributed by atoms with E-state index in [1.165, 1.54) is 0 Å². The molecule has 5 heteroatoms. The lowest BCUT2D eigenvalue weighted by Gasteiger charge is -2.07. The van der Waals surface area contributed by atoms with Crippen molar-refractivity contribution in [1.29, 1.82) is 0 Å². The zero-order chi connectivity index (χ0) is 16.5. The second kappa shape index (κ2) is 8.96. The van der Waals surface area contributed by atoms with Crippen LogP contribution in [0.3, 0.4) is 0 Å². The Morgan fingerprint density at radius 1 is 0.957 bits per heavy atom. The lowest BCUT2D eigenvalue weighted by Crippen LogP contribution is -2.30. The third kappa shape index (κ3) is 6.53. The maximum Gasteiger partial charge on any atom is 0.310 e. The molecular formula is C18H18ClNO3. The Morgan fingerprint density at radius 2 is 1.65 bits per heavy atom. The van der Waals surface area contributed by atoms with E-state index in [2.05, 4.69) is 5.32 Å². The number of amides is 1. The van der Waals surface area contributed by atoms with Crippen molar-refractivity contribution in [3.05, 3.63) is 70.7 Å². The Labute approximate surface area is 140 Å². The second-order valence-electron chi connectivity index (χ2n) is 5.05. The molecule has 2 aromatic rings. The summed E-state index contributed by atoms with van der Waals surface area (Å²) >= 11 is 5.81. The fraction of sp³-hybridized carbons (Fsp3) is 0.222. The molecule has 4 nitrogen and oxygen atoms in total. The van der Waals surface area contributed by atoms with Crippen molar-refractivity contribution in [1.82, 2.24) is 5.32 Å². The van der Waals surface area contributed by atoms with Gasteiger partial charge in [-0.2, -0.15) is 0 Å². The van der Waals surface area contributed by atoms with Gasteiger partial charge in [0.2, 0.25) is 0 Å². The lowest BCUT2D eigenvalue weighted by atomic mass is 10.1. The average molecular weight is 332 g/mol. The van der Waals surface area contributed by atoms with E-state index in [1.54, 1.807) is 0 Å². The van der Waals surface area contributed by atoms with Crippen molar-refractivity contribution in [2.24, 2.45) is 0 Å². The molecule has 2 aromatic carbocycles. The molecule has 120 valence electrons. The minimum absolute atomic E-state index is 0.166. The highest BCUT2D eigenvalue weighted by atomic mass is 35.5. The first-order valence-electron chi connectivity index (χ1n) is 7.34. The third-order valence-corrected chi connectivity index (χ3v) is 3.46. The van der Waals surface area contributed by atoms with Gasteiger partial charge in [-0.15, -0.1) is 0 Å². The highest BCUT2D eigenvalue weighted by Crippen LogP contribution is 2.09. The fourth-order valence-electron chi connectivity index (χ4n) is 2.01. The summed E-state index contributed by atoms with van der Waals surface area (Å²) in [7, 11) is 0. The quantitative estimate of drug-likeness (QED) is 0.794. The molecule has 0 saturated heterocycles. The molecule has 0 aromatic heterocycles. The van der Waals surface area contributed by atoms with E-state index in [-0.39, 0.29) is 18.9 Å². The number of esters is 1. The maximum absolute atomic E-state index is 11.6. The Kier molecular flexibility index (Phi) is 6.63. The summed E-state index contributed by atoms with van der Waals surface area (Å²) in [5.41, 5.74) is 1.94. The summed E-state index contributed by atoms with van der Waals surface area (Å²) in [5, 5.41) is 3.40. The van der Waals surface area contributed by atoms with E-state index in [9.17, 15) is 9.59 Å². The van der Waals surface area contributed by atoms with Gasteiger partial charge >= 0.3 is 5.97 Å². The van der Waals surface area contributed by atoms with Gasteiger partial charge in [-0.25, -0.2) is 0 Å². The van der Waals surface area contributed by atoms with E-state index in [4.69, 9.17) is 16.3 Å². The van der Waals surface area contributed by atoms with E-state index in [0.717, 1.165) is 11.1 Å². The van der Waals surface area contributed by atoms with Crippen LogP contribution in [0.5, 0.6) is 0 Å². The molecule has 2 rings (SSSR count). The van der Waals surface area contributed by atoms with Gasteiger partial charge in [0.1, 0.15) is 0 Å². The second-order valence-corrected chi connectivity index (χ2v) is 5.49. The number of nitrogens with one attached hydrogen (secondary N) is 1. The summed E-state index contributed by atoms with van der Waals surface area (Å²) in [4.78, 5) is 23.3. The molecule has 0 fully saturated rings. The number of carbonyl (C=O) groups excluding carboxylic acids is 2. The van der Waals surface area contributed by atoms with Crippen LogP contribution >= 0.6 is 11.6 Å². The van der Waals surface area contributed by atoms with E-state index >= 15 is 0 Å². The molecule has 0 atom stereocenters. The molecule has 0 bridgehead atoms. The summed E-state index contributed by atoms with van der Waals surface area (Å²) in [6, 6.07) is 16.7. The van der Waals surface area contributed by atoms with Crippen LogP contribution in [0.1, 0.15) is 11.1 Å². The summed E-state index contributed by atoms with van der Waals surface area (Å²) < 4.78 is 4.96. The van der Waals surface area contributed by atoms with Crippen LogP contribution < -0.4 is 5.32 Å². The number of ether oxygens (including phenoxy) is 1. The first kappa shape index (κ1) is 17.0. The Bertz CT molecular complexity index is 641. The lowest BCUT2D eigenvalue weighted by molar-refractivity contribution is -0.147. The molecule has 0 heterocycles. The van der Waals surface area contributed by atoms with Crippen molar-refractivity contribution in [3.8, 4) is 0 Å². The summed E-state index contributed by atoms with van der Waals surface area (Å²) in [6.45, 7) is 0.225. The Morgan fingerprint density at radius 3 is 2.35 bits per heavy atom. The first-order valence-corrected chi connectivity index (χ1v) is 7.72. The van der Waals surface area contributed by atoms with Gasteiger partial charge < -0.3 is 10.1 Å². The van der Waals surface area contributed by atoms with Crippen LogP contribution in [0.15, 0.2) is 54.6 Å². The molecule has 0 aliphatic carbocycles. The highest BCUT2D eigenvalue weighted by molar-refractivity contribution is 6.30. The van der Waals surface area contributed by atoms with Crippen LogP contribution in [0, 0.1) is 0 Å². The standard InChI is InChI=1S/C18H18ClNO3/c19-16-8-6-14(7-9-16)10-11-20-17(21)13-23-18(22)12-15-4-2-1-3-5-15/h1-9H,10-13H2,(H,20,21). The number of hydrogen-bond acceptors (Lipinski definition) is 3. The van der Waals surface area contributed by atoms with Gasteiger partial charge in [0, 0.05) is 11.6 Å². The predicted octanol–water partition coefficient (Wildman–Crippen LogP) is 2.78. The van der Waals surface area contributed by atoms with Gasteiger partial charge in [0.15, 0.2) is 6.61 Å². The summed E-state index contributed by atoms with van der Waals surface area (Å²) in [6.07, 6.45) is 0.861. The normalized spacial score (nSPS) is 10.1. The highest BCUT2D eigenvalue weighted by Gasteiger charge is 2.08. The van der Waals surface area contributed by atoms with Crippen molar-refractivity contribution in [2.75, 3.05) is 13.2 Å². The Balaban J connectivity index is 1.63. The molecule has 0 saturated carbocycles. The molecule has 0 aliphatic rings. The minimum atomic E-state index is -0.413. The molecule has 1 amide bonds. The number of hydrogen-bond donors (Lipinski definition) is 1. The number of benzene rings is 2. The van der Waals surface area contributed by atoms with E-state index in [1.807, 2.05) is 54.6 Å². The number of halogens is 1. The summed E-state index contributed by atoms with van der Waals surface area (Å²) in [5.74, 6) is -0.718. The molecule has 0 unspecified atom stereocenters. The first-order chi connectivity index (χ1) is 11.1. The van der Waals surface area contributed by atoms with Crippen molar-refractivity contribution in [2.45, 2.75) is 12.8 Å². The molecule has 23 heavy (non-hydrogen) atoms. The molecule has 0 aliphatic heterocycles. The largest absolute Gasteiger partial charge is 0.455 e. The number of rotatable bonds is 7. The smallest absolute Gasteiger partial charge is 0.310 e. The van der Waals surface area contributed by atoms with Crippen LogP contribution in [0.25, 0.3) is 0 Å². The van der Waals surface area contributed by atoms with Crippen molar-refractivity contribution >= 4 is 23.5 Å². The van der Waals surface area contributed by atoms with Gasteiger partial charge in [-0.05, 0) is 29.7 Å². The zero-order valence-corrected chi connectivity index (χ0v) is 13.4. The van der Waals surface area contributed by atoms with Gasteiger partial charge in [0.25, 0.3) is 5.91 Å².